The van der Waals surface area contributed by atoms with Crippen LogP contribution in [-0.4, -0.2) is 25.3 Å². The SMILES string of the molecule is CNC1CCCC1OC1CCC1. The van der Waals surface area contributed by atoms with Crippen molar-refractivity contribution in [3.8, 4) is 0 Å². The summed E-state index contributed by atoms with van der Waals surface area (Å²) in [6.07, 6.45) is 8.99. The quantitative estimate of drug-likeness (QED) is 0.694. The molecule has 2 unspecified atom stereocenters. The second kappa shape index (κ2) is 3.75. The fraction of sp³-hybridized carbons (Fsp3) is 1.00. The van der Waals surface area contributed by atoms with Gasteiger partial charge >= 0.3 is 0 Å². The Bertz CT molecular complexity index is 145. The molecule has 0 spiro atoms. The molecule has 0 bridgehead atoms. The van der Waals surface area contributed by atoms with Gasteiger partial charge in [-0.3, -0.25) is 0 Å². The molecule has 0 aromatic carbocycles. The maximum Gasteiger partial charge on any atom is 0.0731 e. The number of ether oxygens (including phenoxy) is 1. The highest BCUT2D eigenvalue weighted by Crippen LogP contribution is 2.29. The molecule has 2 fully saturated rings. The van der Waals surface area contributed by atoms with E-state index in [1.54, 1.807) is 0 Å². The van der Waals surface area contributed by atoms with Crippen LogP contribution in [0.2, 0.25) is 0 Å². The third kappa shape index (κ3) is 1.64. The van der Waals surface area contributed by atoms with E-state index in [2.05, 4.69) is 5.32 Å². The third-order valence-corrected chi connectivity index (χ3v) is 3.24. The van der Waals surface area contributed by atoms with Crippen molar-refractivity contribution in [1.82, 2.24) is 5.32 Å². The molecule has 2 heteroatoms. The van der Waals surface area contributed by atoms with Gasteiger partial charge in [-0.15, -0.1) is 0 Å². The van der Waals surface area contributed by atoms with Crippen molar-refractivity contribution < 1.29 is 4.74 Å². The topological polar surface area (TPSA) is 21.3 Å². The Hall–Kier alpha value is -0.0800. The molecular formula is C10H19NO. The highest BCUT2D eigenvalue weighted by Gasteiger charge is 2.30. The van der Waals surface area contributed by atoms with Gasteiger partial charge in [0.2, 0.25) is 0 Å². The molecule has 0 aromatic heterocycles. The molecule has 2 saturated carbocycles. The van der Waals surface area contributed by atoms with Crippen molar-refractivity contribution in [2.45, 2.75) is 56.8 Å². The molecule has 0 heterocycles. The van der Waals surface area contributed by atoms with E-state index in [0.717, 1.165) is 0 Å². The highest BCUT2D eigenvalue weighted by atomic mass is 16.5. The van der Waals surface area contributed by atoms with Gasteiger partial charge in [0.05, 0.1) is 12.2 Å². The smallest absolute Gasteiger partial charge is 0.0731 e. The fourth-order valence-corrected chi connectivity index (χ4v) is 2.17. The molecule has 12 heavy (non-hydrogen) atoms. The summed E-state index contributed by atoms with van der Waals surface area (Å²) in [7, 11) is 2.05. The van der Waals surface area contributed by atoms with Crippen molar-refractivity contribution >= 4 is 0 Å². The summed E-state index contributed by atoms with van der Waals surface area (Å²) >= 11 is 0. The molecule has 2 atom stereocenters. The minimum absolute atomic E-state index is 0.514. The molecule has 2 rings (SSSR count). The van der Waals surface area contributed by atoms with Gasteiger partial charge < -0.3 is 10.1 Å². The number of likely N-dealkylation sites (N-methyl/N-ethyl adjacent to an activating group) is 1. The van der Waals surface area contributed by atoms with Gasteiger partial charge in [-0.2, -0.15) is 0 Å². The molecule has 70 valence electrons. The largest absolute Gasteiger partial charge is 0.373 e. The third-order valence-electron chi connectivity index (χ3n) is 3.24. The summed E-state index contributed by atoms with van der Waals surface area (Å²) in [4.78, 5) is 0. The molecule has 0 aromatic rings. The van der Waals surface area contributed by atoms with Gasteiger partial charge in [-0.25, -0.2) is 0 Å². The Morgan fingerprint density at radius 3 is 2.42 bits per heavy atom. The Labute approximate surface area is 74.7 Å². The van der Waals surface area contributed by atoms with Crippen molar-refractivity contribution in [3.63, 3.8) is 0 Å². The van der Waals surface area contributed by atoms with Crippen LogP contribution in [0.4, 0.5) is 0 Å². The van der Waals surface area contributed by atoms with E-state index in [-0.39, 0.29) is 0 Å². The van der Waals surface area contributed by atoms with Gasteiger partial charge in [0.1, 0.15) is 0 Å². The Balaban J connectivity index is 1.77. The normalized spacial score (nSPS) is 36.8. The van der Waals surface area contributed by atoms with Crippen LogP contribution in [0.1, 0.15) is 38.5 Å². The lowest BCUT2D eigenvalue weighted by atomic mass is 9.96. The molecule has 1 N–H and O–H groups in total. The maximum absolute atomic E-state index is 5.99. The first kappa shape index (κ1) is 8.52. The zero-order valence-electron chi connectivity index (χ0n) is 7.88. The summed E-state index contributed by atoms with van der Waals surface area (Å²) in [6.45, 7) is 0. The van der Waals surface area contributed by atoms with Crippen LogP contribution in [0.5, 0.6) is 0 Å². The van der Waals surface area contributed by atoms with E-state index in [1.165, 1.54) is 38.5 Å². The van der Waals surface area contributed by atoms with E-state index in [4.69, 9.17) is 4.74 Å². The summed E-state index contributed by atoms with van der Waals surface area (Å²) < 4.78 is 5.99. The van der Waals surface area contributed by atoms with E-state index in [1.807, 2.05) is 7.05 Å². The lowest BCUT2D eigenvalue weighted by molar-refractivity contribution is -0.0569. The Morgan fingerprint density at radius 1 is 1.08 bits per heavy atom. The maximum atomic E-state index is 5.99. The summed E-state index contributed by atoms with van der Waals surface area (Å²) in [6, 6.07) is 0.630. The first-order valence-corrected chi connectivity index (χ1v) is 5.23. The standard InChI is InChI=1S/C10H19NO/c1-11-9-6-3-7-10(9)12-8-4-2-5-8/h8-11H,2-7H2,1H3. The highest BCUT2D eigenvalue weighted by molar-refractivity contribution is 4.85. The van der Waals surface area contributed by atoms with Gasteiger partial charge in [-0.05, 0) is 45.6 Å². The minimum Gasteiger partial charge on any atom is -0.373 e. The van der Waals surface area contributed by atoms with E-state index >= 15 is 0 Å². The molecule has 2 nitrogen and oxygen atoms in total. The first-order chi connectivity index (χ1) is 5.90. The van der Waals surface area contributed by atoms with Gasteiger partial charge in [-0.1, -0.05) is 0 Å². The number of nitrogens with one attached hydrogen (secondary N) is 1. The molecule has 2 aliphatic carbocycles. The van der Waals surface area contributed by atoms with Crippen molar-refractivity contribution in [3.05, 3.63) is 0 Å². The van der Waals surface area contributed by atoms with Gasteiger partial charge in [0.15, 0.2) is 0 Å². The first-order valence-electron chi connectivity index (χ1n) is 5.23. The molecule has 0 aliphatic heterocycles. The van der Waals surface area contributed by atoms with Crippen molar-refractivity contribution in [2.24, 2.45) is 0 Å². The van der Waals surface area contributed by atoms with Crippen LogP contribution in [0, 0.1) is 0 Å². The number of hydrogen-bond donors (Lipinski definition) is 1. The van der Waals surface area contributed by atoms with E-state index < -0.39 is 0 Å². The van der Waals surface area contributed by atoms with Crippen LogP contribution in [0.15, 0.2) is 0 Å². The van der Waals surface area contributed by atoms with Crippen LogP contribution in [0.3, 0.4) is 0 Å². The monoisotopic (exact) mass is 169 g/mol. The van der Waals surface area contributed by atoms with Crippen molar-refractivity contribution in [1.29, 1.82) is 0 Å². The van der Waals surface area contributed by atoms with Gasteiger partial charge in [0, 0.05) is 6.04 Å². The average molecular weight is 169 g/mol. The summed E-state index contributed by atoms with van der Waals surface area (Å²) in [5, 5.41) is 3.34. The van der Waals surface area contributed by atoms with Crippen LogP contribution < -0.4 is 5.32 Å². The second-order valence-corrected chi connectivity index (χ2v) is 4.05. The lowest BCUT2D eigenvalue weighted by Gasteiger charge is -2.31. The number of rotatable bonds is 3. The zero-order valence-corrected chi connectivity index (χ0v) is 7.88. The van der Waals surface area contributed by atoms with E-state index in [0.29, 0.717) is 18.2 Å². The van der Waals surface area contributed by atoms with Crippen molar-refractivity contribution in [2.75, 3.05) is 7.05 Å². The Kier molecular flexibility index (Phi) is 2.66. The predicted octanol–water partition coefficient (Wildman–Crippen LogP) is 1.70. The van der Waals surface area contributed by atoms with Crippen LogP contribution >= 0.6 is 0 Å². The fourth-order valence-electron chi connectivity index (χ4n) is 2.17. The Morgan fingerprint density at radius 2 is 1.83 bits per heavy atom. The number of hydrogen-bond acceptors (Lipinski definition) is 2. The molecule has 0 saturated heterocycles. The summed E-state index contributed by atoms with van der Waals surface area (Å²) in [5.41, 5.74) is 0. The second-order valence-electron chi connectivity index (χ2n) is 4.05. The summed E-state index contributed by atoms with van der Waals surface area (Å²) in [5.74, 6) is 0. The average Bonchev–Trinajstić information content (AvgIpc) is 2.43. The van der Waals surface area contributed by atoms with Crippen LogP contribution in [0.25, 0.3) is 0 Å². The molecule has 0 radical (unpaired) electrons. The molecular weight excluding hydrogens is 150 g/mol. The van der Waals surface area contributed by atoms with Gasteiger partial charge in [0.25, 0.3) is 0 Å². The van der Waals surface area contributed by atoms with Crippen LogP contribution in [-0.2, 0) is 4.74 Å². The molecule has 0 amide bonds. The molecule has 2 aliphatic rings. The zero-order chi connectivity index (χ0) is 8.39. The lowest BCUT2D eigenvalue weighted by Crippen LogP contribution is -2.38. The predicted molar refractivity (Wildman–Crippen MR) is 49.2 cm³/mol. The van der Waals surface area contributed by atoms with E-state index in [9.17, 15) is 0 Å². The minimum atomic E-state index is 0.514.